The van der Waals surface area contributed by atoms with Crippen LogP contribution in [0.2, 0.25) is 0 Å². The maximum Gasteiger partial charge on any atom is 0.0902 e. The fourth-order valence-electron chi connectivity index (χ4n) is 0.642. The van der Waals surface area contributed by atoms with E-state index in [1.54, 1.807) is 6.20 Å². The van der Waals surface area contributed by atoms with Crippen LogP contribution in [0.3, 0.4) is 0 Å². The lowest BCUT2D eigenvalue weighted by Crippen LogP contribution is -1.95. The molecular formula is C6H11N3O. The first kappa shape index (κ1) is 7.08. The third kappa shape index (κ3) is 1.48. The normalized spacial score (nSPS) is 10.1. The highest BCUT2D eigenvalue weighted by molar-refractivity contribution is 5.39. The van der Waals surface area contributed by atoms with Crippen molar-refractivity contribution in [2.75, 3.05) is 12.3 Å². The standard InChI is InChI=1S/C6H11N3O/c1-2-10-4-6-5(7)3-8-9-6/h3H,2,4,7H2,1H3,(H,8,9). The summed E-state index contributed by atoms with van der Waals surface area (Å²) < 4.78 is 5.11. The number of aromatic nitrogens is 2. The number of H-pyrrole nitrogens is 1. The average Bonchev–Trinajstić information content (AvgIpc) is 2.31. The Morgan fingerprint density at radius 3 is 3.10 bits per heavy atom. The van der Waals surface area contributed by atoms with Crippen molar-refractivity contribution in [2.24, 2.45) is 0 Å². The smallest absolute Gasteiger partial charge is 0.0902 e. The Morgan fingerprint density at radius 1 is 1.80 bits per heavy atom. The Bertz CT molecular complexity index is 197. The van der Waals surface area contributed by atoms with Crippen LogP contribution in [0.5, 0.6) is 0 Å². The van der Waals surface area contributed by atoms with E-state index < -0.39 is 0 Å². The minimum absolute atomic E-state index is 0.516. The summed E-state index contributed by atoms with van der Waals surface area (Å²) in [5.41, 5.74) is 7.02. The van der Waals surface area contributed by atoms with E-state index in [2.05, 4.69) is 10.2 Å². The minimum atomic E-state index is 0.516. The highest BCUT2D eigenvalue weighted by atomic mass is 16.5. The molecule has 10 heavy (non-hydrogen) atoms. The predicted molar refractivity (Wildman–Crippen MR) is 38.3 cm³/mol. The van der Waals surface area contributed by atoms with Crippen LogP contribution in [0.15, 0.2) is 6.20 Å². The summed E-state index contributed by atoms with van der Waals surface area (Å²) in [6, 6.07) is 0. The first-order valence-corrected chi connectivity index (χ1v) is 3.20. The number of nitrogens with zero attached hydrogens (tertiary/aromatic N) is 1. The number of hydrogen-bond donors (Lipinski definition) is 2. The molecule has 0 saturated heterocycles. The summed E-state index contributed by atoms with van der Waals surface area (Å²) in [5.74, 6) is 0. The van der Waals surface area contributed by atoms with Gasteiger partial charge in [0.15, 0.2) is 0 Å². The summed E-state index contributed by atoms with van der Waals surface area (Å²) >= 11 is 0. The molecule has 0 aliphatic rings. The van der Waals surface area contributed by atoms with Gasteiger partial charge in [0.25, 0.3) is 0 Å². The van der Waals surface area contributed by atoms with Crippen molar-refractivity contribution in [3.05, 3.63) is 11.9 Å². The van der Waals surface area contributed by atoms with Gasteiger partial charge in [0.05, 0.1) is 24.2 Å². The maximum absolute atomic E-state index is 5.51. The largest absolute Gasteiger partial charge is 0.396 e. The summed E-state index contributed by atoms with van der Waals surface area (Å²) in [7, 11) is 0. The number of rotatable bonds is 3. The van der Waals surface area contributed by atoms with E-state index >= 15 is 0 Å². The van der Waals surface area contributed by atoms with E-state index in [-0.39, 0.29) is 0 Å². The fourth-order valence-corrected chi connectivity index (χ4v) is 0.642. The highest BCUT2D eigenvalue weighted by Gasteiger charge is 1.98. The third-order valence-corrected chi connectivity index (χ3v) is 1.20. The van der Waals surface area contributed by atoms with Crippen molar-refractivity contribution in [1.82, 2.24) is 10.2 Å². The zero-order valence-electron chi connectivity index (χ0n) is 5.92. The van der Waals surface area contributed by atoms with Gasteiger partial charge in [0, 0.05) is 6.61 Å². The lowest BCUT2D eigenvalue weighted by molar-refractivity contribution is 0.131. The lowest BCUT2D eigenvalue weighted by atomic mass is 10.4. The second-order valence-corrected chi connectivity index (χ2v) is 1.94. The monoisotopic (exact) mass is 141 g/mol. The van der Waals surface area contributed by atoms with Crippen LogP contribution < -0.4 is 5.73 Å². The topological polar surface area (TPSA) is 63.9 Å². The molecule has 0 aromatic carbocycles. The van der Waals surface area contributed by atoms with E-state index in [1.807, 2.05) is 6.92 Å². The van der Waals surface area contributed by atoms with Gasteiger partial charge in [-0.2, -0.15) is 5.10 Å². The maximum atomic E-state index is 5.51. The van der Waals surface area contributed by atoms with Gasteiger partial charge < -0.3 is 10.5 Å². The van der Waals surface area contributed by atoms with Crippen molar-refractivity contribution < 1.29 is 4.74 Å². The van der Waals surface area contributed by atoms with Gasteiger partial charge in [-0.25, -0.2) is 0 Å². The zero-order chi connectivity index (χ0) is 7.40. The number of anilines is 1. The van der Waals surface area contributed by atoms with Gasteiger partial charge in [-0.05, 0) is 6.92 Å². The Kier molecular flexibility index (Phi) is 2.28. The van der Waals surface area contributed by atoms with Gasteiger partial charge in [-0.3, -0.25) is 5.10 Å². The fraction of sp³-hybridized carbons (Fsp3) is 0.500. The number of nitrogen functional groups attached to an aromatic ring is 1. The molecule has 1 aromatic heterocycles. The van der Waals surface area contributed by atoms with Gasteiger partial charge in [0.1, 0.15) is 0 Å². The Labute approximate surface area is 59.4 Å². The zero-order valence-corrected chi connectivity index (χ0v) is 5.92. The molecule has 0 unspecified atom stereocenters. The Balaban J connectivity index is 2.49. The second-order valence-electron chi connectivity index (χ2n) is 1.94. The SMILES string of the molecule is CCOCc1[nH]ncc1N. The molecule has 0 aliphatic carbocycles. The number of nitrogens with two attached hydrogens (primary N) is 1. The molecule has 4 nitrogen and oxygen atoms in total. The second kappa shape index (κ2) is 3.22. The third-order valence-electron chi connectivity index (χ3n) is 1.20. The summed E-state index contributed by atoms with van der Waals surface area (Å²) in [6.07, 6.45) is 1.58. The Hall–Kier alpha value is -1.03. The molecule has 0 bridgehead atoms. The van der Waals surface area contributed by atoms with Crippen molar-refractivity contribution in [1.29, 1.82) is 0 Å². The molecule has 0 radical (unpaired) electrons. The van der Waals surface area contributed by atoms with E-state index in [0.29, 0.717) is 18.9 Å². The summed E-state index contributed by atoms with van der Waals surface area (Å²) in [4.78, 5) is 0. The van der Waals surface area contributed by atoms with Crippen molar-refractivity contribution in [2.45, 2.75) is 13.5 Å². The van der Waals surface area contributed by atoms with Crippen LogP contribution in [0.25, 0.3) is 0 Å². The van der Waals surface area contributed by atoms with Gasteiger partial charge >= 0.3 is 0 Å². The number of hydrogen-bond acceptors (Lipinski definition) is 3. The summed E-state index contributed by atoms with van der Waals surface area (Å²) in [5, 5.41) is 6.48. The summed E-state index contributed by atoms with van der Waals surface area (Å²) in [6.45, 7) is 3.15. The first-order chi connectivity index (χ1) is 4.84. The van der Waals surface area contributed by atoms with Gasteiger partial charge in [-0.1, -0.05) is 0 Å². The molecule has 56 valence electrons. The number of ether oxygens (including phenoxy) is 1. The van der Waals surface area contributed by atoms with Crippen LogP contribution in [-0.4, -0.2) is 16.8 Å². The molecule has 0 saturated carbocycles. The van der Waals surface area contributed by atoms with E-state index in [4.69, 9.17) is 10.5 Å². The molecule has 1 aromatic rings. The molecule has 0 amide bonds. The molecule has 0 spiro atoms. The van der Waals surface area contributed by atoms with E-state index in [1.165, 1.54) is 0 Å². The first-order valence-electron chi connectivity index (χ1n) is 3.20. The molecule has 3 N–H and O–H groups in total. The quantitative estimate of drug-likeness (QED) is 0.645. The molecule has 0 atom stereocenters. The molecular weight excluding hydrogens is 130 g/mol. The van der Waals surface area contributed by atoms with Crippen molar-refractivity contribution in [3.8, 4) is 0 Å². The minimum Gasteiger partial charge on any atom is -0.396 e. The van der Waals surface area contributed by atoms with Crippen molar-refractivity contribution in [3.63, 3.8) is 0 Å². The van der Waals surface area contributed by atoms with E-state index in [9.17, 15) is 0 Å². The predicted octanol–water partition coefficient (Wildman–Crippen LogP) is 0.528. The Morgan fingerprint density at radius 2 is 2.60 bits per heavy atom. The van der Waals surface area contributed by atoms with Crippen LogP contribution in [0.1, 0.15) is 12.6 Å². The van der Waals surface area contributed by atoms with Crippen LogP contribution in [-0.2, 0) is 11.3 Å². The molecule has 1 heterocycles. The molecule has 0 aliphatic heterocycles. The number of aromatic amines is 1. The molecule has 1 rings (SSSR count). The van der Waals surface area contributed by atoms with Crippen LogP contribution >= 0.6 is 0 Å². The average molecular weight is 141 g/mol. The van der Waals surface area contributed by atoms with Crippen LogP contribution in [0.4, 0.5) is 5.69 Å². The molecule has 0 fully saturated rings. The highest BCUT2D eigenvalue weighted by Crippen LogP contribution is 2.06. The van der Waals surface area contributed by atoms with Crippen LogP contribution in [0, 0.1) is 0 Å². The van der Waals surface area contributed by atoms with Gasteiger partial charge in [0.2, 0.25) is 0 Å². The van der Waals surface area contributed by atoms with Gasteiger partial charge in [-0.15, -0.1) is 0 Å². The number of nitrogens with one attached hydrogen (secondary N) is 1. The lowest BCUT2D eigenvalue weighted by Gasteiger charge is -1.97. The van der Waals surface area contributed by atoms with E-state index in [0.717, 1.165) is 5.69 Å². The molecule has 4 heteroatoms. The van der Waals surface area contributed by atoms with Crippen molar-refractivity contribution >= 4 is 5.69 Å².